The Kier molecular flexibility index (Phi) is 5.02. The number of piperidine rings is 1. The van der Waals surface area contributed by atoms with Gasteiger partial charge in [-0.1, -0.05) is 11.2 Å². The molecule has 0 radical (unpaired) electrons. The highest BCUT2D eigenvalue weighted by Gasteiger charge is 2.30. The minimum atomic E-state index is -4.46. The van der Waals surface area contributed by atoms with E-state index < -0.39 is 17.8 Å². The maximum Gasteiger partial charge on any atom is 0.437 e. The number of oxime groups is 1. The quantitative estimate of drug-likeness (QED) is 0.647. The standard InChI is InChI=1S/C14H16F3N3O2/c1-20-7-5-11(6-8-20)19-22-13(21)18-12-4-2-3-10(9-12)14(15,16)17/h2-4,9H,5-8H2,1H3,(H,18,21)/p+1. The van der Waals surface area contributed by atoms with E-state index in [0.717, 1.165) is 43.8 Å². The van der Waals surface area contributed by atoms with Crippen LogP contribution in [-0.2, 0) is 11.0 Å². The lowest BCUT2D eigenvalue weighted by Gasteiger charge is -2.19. The fraction of sp³-hybridized carbons (Fsp3) is 0.429. The maximum atomic E-state index is 12.6. The van der Waals surface area contributed by atoms with E-state index in [9.17, 15) is 18.0 Å². The zero-order chi connectivity index (χ0) is 16.2. The summed E-state index contributed by atoms with van der Waals surface area (Å²) in [6, 6.07) is 4.33. The number of benzene rings is 1. The molecule has 22 heavy (non-hydrogen) atoms. The van der Waals surface area contributed by atoms with E-state index >= 15 is 0 Å². The molecule has 1 amide bonds. The van der Waals surface area contributed by atoms with Crippen LogP contribution in [0.15, 0.2) is 29.4 Å². The number of quaternary nitrogens is 1. The third-order valence-corrected chi connectivity index (χ3v) is 3.37. The Morgan fingerprint density at radius 1 is 1.32 bits per heavy atom. The molecule has 1 aliphatic rings. The van der Waals surface area contributed by atoms with E-state index in [4.69, 9.17) is 4.84 Å². The molecule has 0 saturated carbocycles. The molecule has 0 unspecified atom stereocenters. The summed E-state index contributed by atoms with van der Waals surface area (Å²) >= 11 is 0. The number of rotatable bonds is 2. The Labute approximate surface area is 125 Å². The molecule has 1 aliphatic heterocycles. The lowest BCUT2D eigenvalue weighted by atomic mass is 10.1. The largest absolute Gasteiger partial charge is 0.437 e. The lowest BCUT2D eigenvalue weighted by molar-refractivity contribution is -0.880. The number of alkyl halides is 3. The highest BCUT2D eigenvalue weighted by Crippen LogP contribution is 2.30. The van der Waals surface area contributed by atoms with Crippen molar-refractivity contribution < 1.29 is 27.7 Å². The van der Waals surface area contributed by atoms with Crippen LogP contribution in [0.2, 0.25) is 0 Å². The van der Waals surface area contributed by atoms with E-state index in [1.807, 2.05) is 0 Å². The number of hydrogen-bond donors (Lipinski definition) is 2. The minimum absolute atomic E-state index is 0.00727. The van der Waals surface area contributed by atoms with E-state index in [-0.39, 0.29) is 5.69 Å². The lowest BCUT2D eigenvalue weighted by Crippen LogP contribution is -3.10. The molecule has 2 N–H and O–H groups in total. The molecule has 120 valence electrons. The Bertz CT molecular complexity index is 563. The Morgan fingerprint density at radius 2 is 2.00 bits per heavy atom. The molecule has 0 aromatic heterocycles. The number of likely N-dealkylation sites (tertiary alicyclic amines) is 1. The summed E-state index contributed by atoms with van der Waals surface area (Å²) in [6.45, 7) is 1.83. The fourth-order valence-corrected chi connectivity index (χ4v) is 2.08. The predicted molar refractivity (Wildman–Crippen MR) is 74.8 cm³/mol. The second-order valence-electron chi connectivity index (χ2n) is 5.20. The molecule has 0 atom stereocenters. The van der Waals surface area contributed by atoms with Crippen LogP contribution in [0.25, 0.3) is 0 Å². The van der Waals surface area contributed by atoms with Crippen molar-refractivity contribution in [2.45, 2.75) is 19.0 Å². The molecule has 5 nitrogen and oxygen atoms in total. The van der Waals surface area contributed by atoms with Gasteiger partial charge in [0.25, 0.3) is 0 Å². The van der Waals surface area contributed by atoms with Gasteiger partial charge in [0.2, 0.25) is 0 Å². The fourth-order valence-electron chi connectivity index (χ4n) is 2.08. The van der Waals surface area contributed by atoms with Crippen LogP contribution in [0.5, 0.6) is 0 Å². The van der Waals surface area contributed by atoms with Crippen molar-refractivity contribution in [3.8, 4) is 0 Å². The van der Waals surface area contributed by atoms with Crippen molar-refractivity contribution in [3.63, 3.8) is 0 Å². The summed E-state index contributed by atoms with van der Waals surface area (Å²) in [7, 11) is 2.07. The number of amides is 1. The van der Waals surface area contributed by atoms with Crippen LogP contribution in [0.3, 0.4) is 0 Å². The van der Waals surface area contributed by atoms with Gasteiger partial charge < -0.3 is 4.90 Å². The molecular formula is C14H17F3N3O2+. The molecule has 0 spiro atoms. The van der Waals surface area contributed by atoms with Gasteiger partial charge in [0, 0.05) is 18.5 Å². The van der Waals surface area contributed by atoms with E-state index in [1.54, 1.807) is 0 Å². The molecule has 8 heteroatoms. The molecule has 1 fully saturated rings. The van der Waals surface area contributed by atoms with Gasteiger partial charge in [0.15, 0.2) is 0 Å². The zero-order valence-corrected chi connectivity index (χ0v) is 12.0. The molecular weight excluding hydrogens is 299 g/mol. The van der Waals surface area contributed by atoms with Crippen molar-refractivity contribution in [2.75, 3.05) is 25.5 Å². The average molecular weight is 316 g/mol. The number of halogens is 3. The summed E-state index contributed by atoms with van der Waals surface area (Å²) in [5, 5.41) is 5.98. The van der Waals surface area contributed by atoms with Gasteiger partial charge >= 0.3 is 12.3 Å². The summed E-state index contributed by atoms with van der Waals surface area (Å²) < 4.78 is 37.7. The van der Waals surface area contributed by atoms with Gasteiger partial charge in [-0.25, -0.2) is 4.79 Å². The van der Waals surface area contributed by atoms with Crippen LogP contribution < -0.4 is 10.2 Å². The number of carbonyl (C=O) groups is 1. The summed E-state index contributed by atoms with van der Waals surface area (Å²) in [4.78, 5) is 17.6. The molecule has 0 aliphatic carbocycles. The second kappa shape index (κ2) is 6.78. The third-order valence-electron chi connectivity index (χ3n) is 3.37. The highest BCUT2D eigenvalue weighted by atomic mass is 19.4. The second-order valence-corrected chi connectivity index (χ2v) is 5.20. The smallest absolute Gasteiger partial charge is 0.337 e. The number of nitrogens with zero attached hydrogens (tertiary/aromatic N) is 1. The van der Waals surface area contributed by atoms with Gasteiger partial charge in [-0.05, 0) is 18.2 Å². The Hall–Kier alpha value is -2.09. The molecule has 1 heterocycles. The Balaban J connectivity index is 1.91. The number of nitrogens with one attached hydrogen (secondary N) is 2. The number of hydrogen-bond acceptors (Lipinski definition) is 3. The monoisotopic (exact) mass is 316 g/mol. The first-order valence-corrected chi connectivity index (χ1v) is 6.87. The van der Waals surface area contributed by atoms with Crippen LogP contribution in [-0.4, -0.2) is 31.9 Å². The van der Waals surface area contributed by atoms with E-state index in [1.165, 1.54) is 17.0 Å². The van der Waals surface area contributed by atoms with Crippen LogP contribution in [0.4, 0.5) is 23.7 Å². The Morgan fingerprint density at radius 3 is 2.64 bits per heavy atom. The van der Waals surface area contributed by atoms with Crippen LogP contribution >= 0.6 is 0 Å². The van der Waals surface area contributed by atoms with Gasteiger partial charge in [-0.2, -0.15) is 13.2 Å². The summed E-state index contributed by atoms with van der Waals surface area (Å²) in [5.41, 5.74) is -0.0486. The first kappa shape index (κ1) is 16.3. The number of carbonyl (C=O) groups excluding carboxylic acids is 1. The molecule has 2 rings (SSSR count). The highest BCUT2D eigenvalue weighted by molar-refractivity contribution is 5.87. The van der Waals surface area contributed by atoms with Gasteiger partial charge in [0.05, 0.1) is 31.4 Å². The topological polar surface area (TPSA) is 55.1 Å². The number of anilines is 1. The molecule has 0 bridgehead atoms. The van der Waals surface area contributed by atoms with Crippen molar-refractivity contribution in [1.29, 1.82) is 0 Å². The van der Waals surface area contributed by atoms with Crippen molar-refractivity contribution in [1.82, 2.24) is 0 Å². The first-order chi connectivity index (χ1) is 10.3. The van der Waals surface area contributed by atoms with Crippen LogP contribution in [0.1, 0.15) is 18.4 Å². The van der Waals surface area contributed by atoms with Gasteiger partial charge in [0.1, 0.15) is 0 Å². The third kappa shape index (κ3) is 4.73. The van der Waals surface area contributed by atoms with Crippen LogP contribution in [0, 0.1) is 0 Å². The van der Waals surface area contributed by atoms with Crippen molar-refractivity contribution >= 4 is 17.5 Å². The normalized spacial score (nSPS) is 18.7. The van der Waals surface area contributed by atoms with Crippen molar-refractivity contribution in [2.24, 2.45) is 5.16 Å². The molecule has 1 saturated heterocycles. The summed E-state index contributed by atoms with van der Waals surface area (Å²) in [6.07, 6.45) is -3.89. The van der Waals surface area contributed by atoms with E-state index in [2.05, 4.69) is 17.5 Å². The predicted octanol–water partition coefficient (Wildman–Crippen LogP) is 1.92. The maximum absolute atomic E-state index is 12.6. The van der Waals surface area contributed by atoms with E-state index in [0.29, 0.717) is 0 Å². The minimum Gasteiger partial charge on any atom is -0.337 e. The average Bonchev–Trinajstić information content (AvgIpc) is 2.46. The molecule has 1 aromatic carbocycles. The first-order valence-electron chi connectivity index (χ1n) is 6.87. The van der Waals surface area contributed by atoms with Gasteiger partial charge in [-0.15, -0.1) is 0 Å². The van der Waals surface area contributed by atoms with Gasteiger partial charge in [-0.3, -0.25) is 10.2 Å². The van der Waals surface area contributed by atoms with Crippen molar-refractivity contribution in [3.05, 3.63) is 29.8 Å². The molecule has 1 aromatic rings. The SMILES string of the molecule is C[NH+]1CCC(=NOC(=O)Nc2cccc(C(F)(F)F)c2)CC1. The summed E-state index contributed by atoms with van der Waals surface area (Å²) in [5.74, 6) is 0. The zero-order valence-electron chi connectivity index (χ0n) is 12.0.